The van der Waals surface area contributed by atoms with Crippen LogP contribution < -0.4 is 5.32 Å². The van der Waals surface area contributed by atoms with Crippen LogP contribution in [0.15, 0.2) is 45.6 Å². The van der Waals surface area contributed by atoms with E-state index < -0.39 is 0 Å². The first-order valence-electron chi connectivity index (χ1n) is 6.59. The zero-order valence-electron chi connectivity index (χ0n) is 11.4. The topological polar surface area (TPSA) is 43.0 Å². The normalized spacial score (nSPS) is 12.9. The van der Waals surface area contributed by atoms with Crippen molar-refractivity contribution in [2.45, 2.75) is 13.0 Å². The van der Waals surface area contributed by atoms with Gasteiger partial charge in [0.1, 0.15) is 5.58 Å². The summed E-state index contributed by atoms with van der Waals surface area (Å²) in [5.74, 6) is 0. The summed E-state index contributed by atoms with van der Waals surface area (Å²) in [4.78, 5) is 0. The van der Waals surface area contributed by atoms with Crippen molar-refractivity contribution < 1.29 is 4.42 Å². The summed E-state index contributed by atoms with van der Waals surface area (Å²) in [6.45, 7) is 2.96. The van der Waals surface area contributed by atoms with Gasteiger partial charge in [0.05, 0.1) is 28.7 Å². The summed E-state index contributed by atoms with van der Waals surface area (Å²) < 4.78 is 8.55. The van der Waals surface area contributed by atoms with Gasteiger partial charge in [-0.1, -0.05) is 25.1 Å². The van der Waals surface area contributed by atoms with E-state index in [4.69, 9.17) is 4.42 Å². The Hall–Kier alpha value is -1.59. The van der Waals surface area contributed by atoms with Gasteiger partial charge < -0.3 is 9.73 Å². The molecule has 3 rings (SSSR count). The van der Waals surface area contributed by atoms with Crippen LogP contribution in [0.2, 0.25) is 0 Å². The number of halogens is 1. The molecule has 20 heavy (non-hydrogen) atoms. The van der Waals surface area contributed by atoms with Gasteiger partial charge in [0.25, 0.3) is 0 Å². The SMILES string of the molecule is CCNC(c1coc2ccccc12)c1c(Br)cnn1C. The molecule has 1 unspecified atom stereocenters. The van der Waals surface area contributed by atoms with Gasteiger partial charge in [0, 0.05) is 18.0 Å². The lowest BCUT2D eigenvalue weighted by Crippen LogP contribution is -2.24. The molecule has 104 valence electrons. The first-order chi connectivity index (χ1) is 9.72. The number of nitrogens with one attached hydrogen (secondary N) is 1. The van der Waals surface area contributed by atoms with Crippen molar-refractivity contribution in [2.75, 3.05) is 6.54 Å². The molecule has 1 atom stereocenters. The van der Waals surface area contributed by atoms with Crippen LogP contribution in [0.5, 0.6) is 0 Å². The lowest BCUT2D eigenvalue weighted by Gasteiger charge is -2.18. The molecule has 5 heteroatoms. The fourth-order valence-corrected chi connectivity index (χ4v) is 3.10. The summed E-state index contributed by atoms with van der Waals surface area (Å²) in [6, 6.07) is 8.13. The highest BCUT2D eigenvalue weighted by Crippen LogP contribution is 2.33. The molecule has 1 N–H and O–H groups in total. The molecule has 0 saturated carbocycles. The molecule has 3 aromatic rings. The highest BCUT2D eigenvalue weighted by atomic mass is 79.9. The molecule has 0 aliphatic rings. The Labute approximate surface area is 125 Å². The molecular weight excluding hydrogens is 318 g/mol. The fraction of sp³-hybridized carbons (Fsp3) is 0.267. The first-order valence-corrected chi connectivity index (χ1v) is 7.38. The third-order valence-corrected chi connectivity index (χ3v) is 4.05. The Bertz CT molecular complexity index is 712. The number of para-hydroxylation sites is 1. The van der Waals surface area contributed by atoms with Crippen LogP contribution in [-0.4, -0.2) is 16.3 Å². The van der Waals surface area contributed by atoms with Gasteiger partial charge >= 0.3 is 0 Å². The van der Waals surface area contributed by atoms with Crippen LogP contribution in [-0.2, 0) is 7.05 Å². The predicted octanol–water partition coefficient (Wildman–Crippen LogP) is 3.63. The second-order valence-corrected chi connectivity index (χ2v) is 5.53. The minimum absolute atomic E-state index is 0.0468. The standard InChI is InChI=1S/C15H16BrN3O/c1-3-17-14(15-12(16)8-18-19(15)2)11-9-20-13-7-5-4-6-10(11)13/h4-9,14,17H,3H2,1-2H3. The molecule has 0 spiro atoms. The van der Waals surface area contributed by atoms with Crippen molar-refractivity contribution in [3.8, 4) is 0 Å². The van der Waals surface area contributed by atoms with Crippen LogP contribution in [0.3, 0.4) is 0 Å². The molecular formula is C15H16BrN3O. The highest BCUT2D eigenvalue weighted by Gasteiger charge is 2.23. The van der Waals surface area contributed by atoms with E-state index >= 15 is 0 Å². The van der Waals surface area contributed by atoms with E-state index in [1.807, 2.05) is 42.4 Å². The quantitative estimate of drug-likeness (QED) is 0.792. The number of hydrogen-bond acceptors (Lipinski definition) is 3. The number of rotatable bonds is 4. The van der Waals surface area contributed by atoms with Crippen LogP contribution in [0.1, 0.15) is 24.2 Å². The van der Waals surface area contributed by atoms with E-state index in [0.29, 0.717) is 0 Å². The van der Waals surface area contributed by atoms with Gasteiger partial charge in [0.2, 0.25) is 0 Å². The third kappa shape index (κ3) is 2.17. The van der Waals surface area contributed by atoms with Crippen molar-refractivity contribution in [2.24, 2.45) is 7.05 Å². The minimum Gasteiger partial charge on any atom is -0.464 e. The van der Waals surface area contributed by atoms with E-state index in [2.05, 4.69) is 39.3 Å². The molecule has 0 radical (unpaired) electrons. The molecule has 2 aromatic heterocycles. The Morgan fingerprint density at radius 2 is 2.20 bits per heavy atom. The number of benzene rings is 1. The maximum Gasteiger partial charge on any atom is 0.134 e. The lowest BCUT2D eigenvalue weighted by molar-refractivity contribution is 0.554. The van der Waals surface area contributed by atoms with Crippen LogP contribution >= 0.6 is 15.9 Å². The van der Waals surface area contributed by atoms with Crippen molar-refractivity contribution in [3.05, 3.63) is 52.5 Å². The lowest BCUT2D eigenvalue weighted by atomic mass is 10.0. The average Bonchev–Trinajstić information content (AvgIpc) is 3.01. The van der Waals surface area contributed by atoms with Crippen molar-refractivity contribution in [1.29, 1.82) is 0 Å². The summed E-state index contributed by atoms with van der Waals surface area (Å²) in [6.07, 6.45) is 3.65. The van der Waals surface area contributed by atoms with Gasteiger partial charge in [-0.2, -0.15) is 5.10 Å². The fourth-order valence-electron chi connectivity index (χ4n) is 2.52. The molecule has 0 aliphatic heterocycles. The van der Waals surface area contributed by atoms with Gasteiger partial charge in [-0.25, -0.2) is 0 Å². The Morgan fingerprint density at radius 3 is 2.90 bits per heavy atom. The summed E-state index contributed by atoms with van der Waals surface area (Å²) >= 11 is 3.58. The van der Waals surface area contributed by atoms with Crippen molar-refractivity contribution in [3.63, 3.8) is 0 Å². The second-order valence-electron chi connectivity index (χ2n) is 4.68. The smallest absolute Gasteiger partial charge is 0.134 e. The molecule has 1 aromatic carbocycles. The van der Waals surface area contributed by atoms with Gasteiger partial charge in [-0.3, -0.25) is 4.68 Å². The Morgan fingerprint density at radius 1 is 1.40 bits per heavy atom. The maximum atomic E-state index is 5.67. The Kier molecular flexibility index (Phi) is 3.63. The second kappa shape index (κ2) is 5.42. The molecule has 0 aliphatic carbocycles. The summed E-state index contributed by atoms with van der Waals surface area (Å²) in [5, 5.41) is 8.95. The Balaban J connectivity index is 2.16. The van der Waals surface area contributed by atoms with Gasteiger partial charge in [0.15, 0.2) is 0 Å². The number of furan rings is 1. The largest absolute Gasteiger partial charge is 0.464 e. The van der Waals surface area contributed by atoms with E-state index in [0.717, 1.165) is 33.2 Å². The number of hydrogen-bond donors (Lipinski definition) is 1. The molecule has 0 amide bonds. The monoisotopic (exact) mass is 333 g/mol. The number of aryl methyl sites for hydroxylation is 1. The van der Waals surface area contributed by atoms with Gasteiger partial charge in [-0.15, -0.1) is 0 Å². The number of fused-ring (bicyclic) bond motifs is 1. The molecule has 0 bridgehead atoms. The van der Waals surface area contributed by atoms with Crippen molar-refractivity contribution in [1.82, 2.24) is 15.1 Å². The van der Waals surface area contributed by atoms with Crippen LogP contribution in [0.25, 0.3) is 11.0 Å². The molecule has 0 saturated heterocycles. The molecule has 0 fully saturated rings. The number of nitrogens with zero attached hydrogens (tertiary/aromatic N) is 2. The minimum atomic E-state index is 0.0468. The predicted molar refractivity (Wildman–Crippen MR) is 82.6 cm³/mol. The van der Waals surface area contributed by atoms with E-state index in [9.17, 15) is 0 Å². The van der Waals surface area contributed by atoms with E-state index in [1.54, 1.807) is 0 Å². The third-order valence-electron chi connectivity index (χ3n) is 3.44. The zero-order valence-corrected chi connectivity index (χ0v) is 13.0. The highest BCUT2D eigenvalue weighted by molar-refractivity contribution is 9.10. The van der Waals surface area contributed by atoms with Crippen LogP contribution in [0, 0.1) is 0 Å². The zero-order chi connectivity index (χ0) is 14.1. The molecule has 2 heterocycles. The first kappa shape index (κ1) is 13.4. The summed E-state index contributed by atoms with van der Waals surface area (Å²) in [5.41, 5.74) is 3.13. The van der Waals surface area contributed by atoms with E-state index in [1.165, 1.54) is 0 Å². The number of aromatic nitrogens is 2. The van der Waals surface area contributed by atoms with E-state index in [-0.39, 0.29) is 6.04 Å². The average molecular weight is 334 g/mol. The maximum absolute atomic E-state index is 5.67. The summed E-state index contributed by atoms with van der Waals surface area (Å²) in [7, 11) is 1.95. The van der Waals surface area contributed by atoms with Crippen LogP contribution in [0.4, 0.5) is 0 Å². The van der Waals surface area contributed by atoms with Gasteiger partial charge in [-0.05, 0) is 28.5 Å². The molecule has 4 nitrogen and oxygen atoms in total. The van der Waals surface area contributed by atoms with Crippen molar-refractivity contribution >= 4 is 26.9 Å².